The number of thiophene rings is 1. The molecule has 0 bridgehead atoms. The Morgan fingerprint density at radius 3 is 2.44 bits per heavy atom. The summed E-state index contributed by atoms with van der Waals surface area (Å²) in [5.41, 5.74) is 3.89. The van der Waals surface area contributed by atoms with Crippen molar-refractivity contribution in [2.45, 2.75) is 58.4 Å². The van der Waals surface area contributed by atoms with Crippen LogP contribution in [0.4, 0.5) is 18.9 Å². The lowest BCUT2D eigenvalue weighted by atomic mass is 9.81. The first kappa shape index (κ1) is 27.4. The Hall–Kier alpha value is -3.21. The number of fused-ring (bicyclic) bond motifs is 1. The maximum Gasteiger partial charge on any atom is 0.391 e. The van der Waals surface area contributed by atoms with E-state index in [0.717, 1.165) is 21.5 Å². The molecular formula is C29H29F3N2O4S. The highest BCUT2D eigenvalue weighted by Gasteiger charge is 2.43. The van der Waals surface area contributed by atoms with E-state index in [1.54, 1.807) is 11.1 Å². The maximum atomic E-state index is 13.6. The molecule has 0 atom stereocenters. The molecule has 10 heteroatoms. The third-order valence-electron chi connectivity index (χ3n) is 7.28. The second-order valence-corrected chi connectivity index (χ2v) is 11.3. The zero-order chi connectivity index (χ0) is 27.7. The normalized spacial score (nSPS) is 18.1. The van der Waals surface area contributed by atoms with Crippen molar-refractivity contribution >= 4 is 34.0 Å². The number of hydrogen-bond donors (Lipinski definition) is 1. The molecule has 1 N–H and O–H groups in total. The quantitative estimate of drug-likeness (QED) is 0.182. The number of anilines is 1. The average Bonchev–Trinajstić information content (AvgIpc) is 3.53. The third-order valence-corrected chi connectivity index (χ3v) is 8.42. The molecule has 6 nitrogen and oxygen atoms in total. The number of amides is 1. The van der Waals surface area contributed by atoms with Gasteiger partial charge in [-0.1, -0.05) is 24.3 Å². The van der Waals surface area contributed by atoms with Crippen molar-refractivity contribution in [2.75, 3.05) is 4.90 Å². The standard InChI is InChI=1S/C29H29F3N2O4S/c1-17(2)34(28(35)20-9-11-21(12-10-20)29(30,31)32)23-15-26(39-27(23)16-37-36)19-7-5-18(6-8-19)25-14-22-24(38-25)4-3-13-33-22/h3-8,13-15,17,20-21,36H,9-12,16H2,1-2H3. The van der Waals surface area contributed by atoms with Crippen molar-refractivity contribution in [3.05, 3.63) is 59.6 Å². The number of benzene rings is 1. The molecule has 1 aromatic carbocycles. The lowest BCUT2D eigenvalue weighted by Crippen LogP contribution is -2.43. The fourth-order valence-electron chi connectivity index (χ4n) is 5.25. The molecular weight excluding hydrogens is 529 g/mol. The minimum Gasteiger partial charge on any atom is -0.454 e. The first-order chi connectivity index (χ1) is 18.7. The number of pyridine rings is 1. The van der Waals surface area contributed by atoms with Crippen LogP contribution in [-0.4, -0.2) is 28.4 Å². The van der Waals surface area contributed by atoms with E-state index in [1.165, 1.54) is 11.3 Å². The number of furan rings is 1. The Labute approximate surface area is 228 Å². The highest BCUT2D eigenvalue weighted by atomic mass is 32.1. The van der Waals surface area contributed by atoms with E-state index in [1.807, 2.05) is 62.4 Å². The number of hydrogen-bond acceptors (Lipinski definition) is 6. The van der Waals surface area contributed by atoms with Gasteiger partial charge in [-0.05, 0) is 63.3 Å². The highest BCUT2D eigenvalue weighted by molar-refractivity contribution is 7.16. The van der Waals surface area contributed by atoms with Crippen LogP contribution in [0, 0.1) is 11.8 Å². The maximum absolute atomic E-state index is 13.6. The predicted octanol–water partition coefficient (Wildman–Crippen LogP) is 8.32. The molecule has 0 saturated heterocycles. The van der Waals surface area contributed by atoms with E-state index < -0.39 is 18.0 Å². The van der Waals surface area contributed by atoms with E-state index in [-0.39, 0.29) is 44.2 Å². The SMILES string of the molecule is CC(C)N(C(=O)C1CCC(C(F)(F)F)CC1)c1cc(-c2ccc(-c3cc4ncccc4o3)cc2)sc1COO. The first-order valence-electron chi connectivity index (χ1n) is 12.9. The molecule has 0 unspecified atom stereocenters. The van der Waals surface area contributed by atoms with Gasteiger partial charge in [-0.2, -0.15) is 13.2 Å². The van der Waals surface area contributed by atoms with Crippen molar-refractivity contribution in [2.24, 2.45) is 11.8 Å². The summed E-state index contributed by atoms with van der Waals surface area (Å²) in [6, 6.07) is 15.0. The number of carbonyl (C=O) groups is 1. The Kier molecular flexibility index (Phi) is 7.80. The van der Waals surface area contributed by atoms with Gasteiger partial charge in [-0.3, -0.25) is 15.0 Å². The van der Waals surface area contributed by atoms with Crippen LogP contribution in [0.1, 0.15) is 44.4 Å². The van der Waals surface area contributed by atoms with Crippen LogP contribution in [0.3, 0.4) is 0 Å². The molecule has 0 radical (unpaired) electrons. The van der Waals surface area contributed by atoms with Gasteiger partial charge >= 0.3 is 6.18 Å². The van der Waals surface area contributed by atoms with Crippen LogP contribution >= 0.6 is 11.3 Å². The van der Waals surface area contributed by atoms with Gasteiger partial charge in [0.2, 0.25) is 5.91 Å². The summed E-state index contributed by atoms with van der Waals surface area (Å²) in [4.78, 5) is 25.5. The van der Waals surface area contributed by atoms with Crippen LogP contribution in [0.15, 0.2) is 59.1 Å². The second-order valence-electron chi connectivity index (χ2n) is 10.2. The molecule has 1 aliphatic rings. The molecule has 1 aliphatic carbocycles. The summed E-state index contributed by atoms with van der Waals surface area (Å²) in [5.74, 6) is -1.31. The van der Waals surface area contributed by atoms with Gasteiger partial charge < -0.3 is 9.32 Å². The molecule has 3 aromatic heterocycles. The molecule has 1 saturated carbocycles. The largest absolute Gasteiger partial charge is 0.454 e. The Bertz CT molecular complexity index is 1400. The molecule has 3 heterocycles. The zero-order valence-electron chi connectivity index (χ0n) is 21.6. The minimum atomic E-state index is -4.23. The van der Waals surface area contributed by atoms with E-state index in [2.05, 4.69) is 9.87 Å². The molecule has 0 aliphatic heterocycles. The van der Waals surface area contributed by atoms with Gasteiger partial charge in [0.1, 0.15) is 17.9 Å². The summed E-state index contributed by atoms with van der Waals surface area (Å²) in [6.45, 7) is 3.63. The number of rotatable bonds is 7. The van der Waals surface area contributed by atoms with E-state index in [9.17, 15) is 23.2 Å². The second kappa shape index (κ2) is 11.1. The van der Waals surface area contributed by atoms with Gasteiger partial charge in [0.25, 0.3) is 0 Å². The van der Waals surface area contributed by atoms with E-state index in [4.69, 9.17) is 4.42 Å². The Balaban J connectivity index is 1.40. The van der Waals surface area contributed by atoms with Gasteiger partial charge in [0.15, 0.2) is 5.58 Å². The van der Waals surface area contributed by atoms with Crippen LogP contribution in [0.25, 0.3) is 32.9 Å². The summed E-state index contributed by atoms with van der Waals surface area (Å²) >= 11 is 1.40. The fourth-order valence-corrected chi connectivity index (χ4v) is 6.32. The van der Waals surface area contributed by atoms with Crippen LogP contribution in [0.5, 0.6) is 0 Å². The Morgan fingerprint density at radius 2 is 1.82 bits per heavy atom. The molecule has 1 fully saturated rings. The van der Waals surface area contributed by atoms with Gasteiger partial charge in [-0.15, -0.1) is 11.3 Å². The summed E-state index contributed by atoms with van der Waals surface area (Å²) in [7, 11) is 0. The van der Waals surface area contributed by atoms with Crippen molar-refractivity contribution in [1.29, 1.82) is 0 Å². The highest BCUT2D eigenvalue weighted by Crippen LogP contribution is 2.43. The molecule has 4 aromatic rings. The van der Waals surface area contributed by atoms with Crippen molar-refractivity contribution in [3.63, 3.8) is 0 Å². The number of aromatic nitrogens is 1. The molecule has 206 valence electrons. The monoisotopic (exact) mass is 558 g/mol. The first-order valence-corrected chi connectivity index (χ1v) is 13.7. The van der Waals surface area contributed by atoms with Crippen molar-refractivity contribution in [3.8, 4) is 21.8 Å². The van der Waals surface area contributed by atoms with E-state index >= 15 is 0 Å². The topological polar surface area (TPSA) is 75.8 Å². The number of halogens is 3. The molecule has 0 spiro atoms. The van der Waals surface area contributed by atoms with Gasteiger partial charge in [0.05, 0.1) is 16.5 Å². The van der Waals surface area contributed by atoms with Gasteiger partial charge in [-0.25, -0.2) is 4.89 Å². The number of alkyl halides is 3. The minimum absolute atomic E-state index is 0.0407. The smallest absolute Gasteiger partial charge is 0.391 e. The predicted molar refractivity (Wildman–Crippen MR) is 144 cm³/mol. The van der Waals surface area contributed by atoms with Gasteiger partial charge in [0, 0.05) is 34.7 Å². The third kappa shape index (κ3) is 5.73. The van der Waals surface area contributed by atoms with Crippen molar-refractivity contribution in [1.82, 2.24) is 4.98 Å². The fraction of sp³-hybridized carbons (Fsp3) is 0.379. The van der Waals surface area contributed by atoms with Crippen molar-refractivity contribution < 1.29 is 32.5 Å². The van der Waals surface area contributed by atoms with Crippen LogP contribution in [0.2, 0.25) is 0 Å². The van der Waals surface area contributed by atoms with Crippen LogP contribution in [-0.2, 0) is 16.3 Å². The molecule has 39 heavy (non-hydrogen) atoms. The molecule has 5 rings (SSSR count). The summed E-state index contributed by atoms with van der Waals surface area (Å²) in [6.07, 6.45) is -2.19. The summed E-state index contributed by atoms with van der Waals surface area (Å²) in [5, 5.41) is 9.24. The lowest BCUT2D eigenvalue weighted by molar-refractivity contribution is -0.252. The summed E-state index contributed by atoms with van der Waals surface area (Å²) < 4.78 is 45.4. The average molecular weight is 559 g/mol. The molecule has 1 amide bonds. The lowest BCUT2D eigenvalue weighted by Gasteiger charge is -2.34. The number of carbonyl (C=O) groups excluding carboxylic acids is 1. The number of nitrogens with zero attached hydrogens (tertiary/aromatic N) is 2. The van der Waals surface area contributed by atoms with Crippen LogP contribution < -0.4 is 4.90 Å². The Morgan fingerprint density at radius 1 is 1.13 bits per heavy atom. The zero-order valence-corrected chi connectivity index (χ0v) is 22.4. The van der Waals surface area contributed by atoms with E-state index in [0.29, 0.717) is 21.9 Å².